The van der Waals surface area contributed by atoms with E-state index in [1.165, 1.54) is 9.80 Å². The van der Waals surface area contributed by atoms with Crippen LogP contribution in [0.1, 0.15) is 36.0 Å². The molecule has 8 nitrogen and oxygen atoms in total. The molecular formula is C20H19N3O5. The number of benzene rings is 1. The molecule has 1 N–H and O–H groups in total. The average Bonchev–Trinajstić information content (AvgIpc) is 3.47. The Balaban J connectivity index is 1.71. The highest BCUT2D eigenvalue weighted by Gasteiger charge is 2.64. The predicted molar refractivity (Wildman–Crippen MR) is 97.9 cm³/mol. The van der Waals surface area contributed by atoms with E-state index in [0.29, 0.717) is 11.3 Å². The first-order chi connectivity index (χ1) is 13.5. The van der Waals surface area contributed by atoms with Crippen LogP contribution in [0.2, 0.25) is 0 Å². The van der Waals surface area contributed by atoms with Crippen LogP contribution in [0.25, 0.3) is 0 Å². The molecule has 1 aromatic rings. The molecule has 28 heavy (non-hydrogen) atoms. The van der Waals surface area contributed by atoms with Crippen molar-refractivity contribution in [1.82, 2.24) is 10.2 Å². The number of rotatable bonds is 5. The second-order valence-electron chi connectivity index (χ2n) is 7.03. The molecule has 1 aliphatic carbocycles. The smallest absolute Gasteiger partial charge is 0.354 e. The molecule has 1 atom stereocenters. The van der Waals surface area contributed by atoms with Gasteiger partial charge in [0.05, 0.1) is 17.8 Å². The highest BCUT2D eigenvalue weighted by Crippen LogP contribution is 2.49. The van der Waals surface area contributed by atoms with Gasteiger partial charge in [0.15, 0.2) is 6.61 Å². The van der Waals surface area contributed by atoms with Gasteiger partial charge in [-0.3, -0.25) is 19.3 Å². The van der Waals surface area contributed by atoms with Crippen LogP contribution in [0.4, 0.5) is 5.69 Å². The van der Waals surface area contributed by atoms with Crippen molar-refractivity contribution in [1.29, 1.82) is 0 Å². The third-order valence-corrected chi connectivity index (χ3v) is 5.26. The Morgan fingerprint density at radius 3 is 2.75 bits per heavy atom. The lowest BCUT2D eigenvalue weighted by atomic mass is 9.96. The van der Waals surface area contributed by atoms with E-state index in [1.807, 2.05) is 0 Å². The van der Waals surface area contributed by atoms with Gasteiger partial charge >= 0.3 is 5.97 Å². The maximum absolute atomic E-state index is 13.2. The zero-order chi connectivity index (χ0) is 19.9. The highest BCUT2D eigenvalue weighted by atomic mass is 16.5. The number of carbonyl (C=O) groups excluding carboxylic acids is 4. The Bertz CT molecular complexity index is 917. The molecule has 1 aromatic carbocycles. The van der Waals surface area contributed by atoms with Crippen molar-refractivity contribution in [3.05, 3.63) is 29.8 Å². The van der Waals surface area contributed by atoms with Gasteiger partial charge in [-0.1, -0.05) is 18.1 Å². The zero-order valence-electron chi connectivity index (χ0n) is 15.1. The van der Waals surface area contributed by atoms with E-state index in [0.717, 1.165) is 12.8 Å². The van der Waals surface area contributed by atoms with Crippen molar-refractivity contribution in [2.75, 3.05) is 18.1 Å². The summed E-state index contributed by atoms with van der Waals surface area (Å²) in [5, 5.41) is 2.41. The standard InChI is InChI=1S/C20H19N3O5/c1-2-11-21-16(24)12-28-19(27)20-10-9-17(25)23(20)15-6-4-3-5-14(15)18(26)22(20)13-7-8-13/h1,3-6,13H,7-12H2,(H,21,24)/t20-/m1/s1. The molecule has 2 heterocycles. The van der Waals surface area contributed by atoms with Crippen molar-refractivity contribution >= 4 is 29.4 Å². The first-order valence-corrected chi connectivity index (χ1v) is 9.14. The van der Waals surface area contributed by atoms with Crippen molar-refractivity contribution in [2.24, 2.45) is 0 Å². The highest BCUT2D eigenvalue weighted by molar-refractivity contribution is 6.15. The van der Waals surface area contributed by atoms with Crippen LogP contribution in [-0.4, -0.2) is 53.4 Å². The van der Waals surface area contributed by atoms with Crippen LogP contribution >= 0.6 is 0 Å². The molecule has 0 bridgehead atoms. The Morgan fingerprint density at radius 1 is 1.29 bits per heavy atom. The van der Waals surface area contributed by atoms with Crippen molar-refractivity contribution in [3.63, 3.8) is 0 Å². The summed E-state index contributed by atoms with van der Waals surface area (Å²) in [6.07, 6.45) is 6.85. The maximum Gasteiger partial charge on any atom is 0.354 e. The Kier molecular flexibility index (Phi) is 4.30. The lowest BCUT2D eigenvalue weighted by molar-refractivity contribution is -0.160. The SMILES string of the molecule is C#CCNC(=O)COC(=O)[C@@]12CCC(=O)N1c1ccccc1C(=O)N2C1CC1. The van der Waals surface area contributed by atoms with E-state index in [1.54, 1.807) is 24.3 Å². The quantitative estimate of drug-likeness (QED) is 0.589. The van der Waals surface area contributed by atoms with Gasteiger partial charge in [-0.05, 0) is 25.0 Å². The third-order valence-electron chi connectivity index (χ3n) is 5.26. The molecular weight excluding hydrogens is 362 g/mol. The normalized spacial score (nSPS) is 23.0. The lowest BCUT2D eigenvalue weighted by Crippen LogP contribution is -2.69. The minimum atomic E-state index is -1.55. The molecule has 0 spiro atoms. The van der Waals surface area contributed by atoms with Gasteiger partial charge in [-0.2, -0.15) is 0 Å². The Morgan fingerprint density at radius 2 is 2.04 bits per heavy atom. The van der Waals surface area contributed by atoms with Gasteiger partial charge in [-0.25, -0.2) is 4.79 Å². The number of nitrogens with zero attached hydrogens (tertiary/aromatic N) is 2. The number of fused-ring (bicyclic) bond motifs is 3. The van der Waals surface area contributed by atoms with Crippen LogP contribution in [0.3, 0.4) is 0 Å². The van der Waals surface area contributed by atoms with Crippen molar-refractivity contribution < 1.29 is 23.9 Å². The van der Waals surface area contributed by atoms with Crippen LogP contribution < -0.4 is 10.2 Å². The molecule has 3 amide bonds. The Hall–Kier alpha value is -3.34. The van der Waals surface area contributed by atoms with Crippen LogP contribution in [0.15, 0.2) is 24.3 Å². The Labute approximate surface area is 161 Å². The van der Waals surface area contributed by atoms with E-state index < -0.39 is 24.1 Å². The second kappa shape index (κ2) is 6.68. The summed E-state index contributed by atoms with van der Waals surface area (Å²) in [6, 6.07) is 6.62. The third kappa shape index (κ3) is 2.62. The number of ether oxygens (including phenoxy) is 1. The van der Waals surface area contributed by atoms with Gasteiger partial charge in [0, 0.05) is 18.9 Å². The van der Waals surface area contributed by atoms with Gasteiger partial charge in [0.25, 0.3) is 11.8 Å². The number of hydrogen-bond donors (Lipinski definition) is 1. The molecule has 0 aromatic heterocycles. The van der Waals surface area contributed by atoms with Crippen molar-refractivity contribution in [2.45, 2.75) is 37.4 Å². The fourth-order valence-electron chi connectivity index (χ4n) is 3.96. The van der Waals surface area contributed by atoms with Crippen LogP contribution in [-0.2, 0) is 19.1 Å². The fraction of sp³-hybridized carbons (Fsp3) is 0.400. The first kappa shape index (κ1) is 18.0. The summed E-state index contributed by atoms with van der Waals surface area (Å²) >= 11 is 0. The number of amides is 3. The molecule has 8 heteroatoms. The molecule has 2 aliphatic heterocycles. The number of anilines is 1. The molecule has 3 aliphatic rings. The molecule has 4 rings (SSSR count). The minimum Gasteiger partial charge on any atom is -0.452 e. The number of carbonyl (C=O) groups is 4. The monoisotopic (exact) mass is 381 g/mol. The predicted octanol–water partition coefficient (Wildman–Crippen LogP) is 0.421. The van der Waals surface area contributed by atoms with E-state index in [-0.39, 0.29) is 37.2 Å². The first-order valence-electron chi connectivity index (χ1n) is 9.14. The van der Waals surface area contributed by atoms with E-state index in [9.17, 15) is 19.2 Å². The summed E-state index contributed by atoms with van der Waals surface area (Å²) in [5.41, 5.74) is -0.753. The fourth-order valence-corrected chi connectivity index (χ4v) is 3.96. The van der Waals surface area contributed by atoms with Gasteiger partial charge < -0.3 is 15.0 Å². The van der Waals surface area contributed by atoms with Crippen molar-refractivity contribution in [3.8, 4) is 12.3 Å². The molecule has 1 saturated carbocycles. The summed E-state index contributed by atoms with van der Waals surface area (Å²) in [4.78, 5) is 53.8. The van der Waals surface area contributed by atoms with Gasteiger partial charge in [-0.15, -0.1) is 6.42 Å². The molecule has 0 unspecified atom stereocenters. The topological polar surface area (TPSA) is 96.0 Å². The number of para-hydroxylation sites is 1. The van der Waals surface area contributed by atoms with E-state index in [2.05, 4.69) is 11.2 Å². The summed E-state index contributed by atoms with van der Waals surface area (Å²) in [6.45, 7) is -0.509. The van der Waals surface area contributed by atoms with Gasteiger partial charge in [0.2, 0.25) is 11.6 Å². The second-order valence-corrected chi connectivity index (χ2v) is 7.03. The van der Waals surface area contributed by atoms with Gasteiger partial charge in [0.1, 0.15) is 0 Å². The number of nitrogens with one attached hydrogen (secondary N) is 1. The number of terminal acetylenes is 1. The summed E-state index contributed by atoms with van der Waals surface area (Å²) < 4.78 is 5.26. The van der Waals surface area contributed by atoms with Crippen LogP contribution in [0.5, 0.6) is 0 Å². The number of esters is 1. The number of hydrogen-bond acceptors (Lipinski definition) is 5. The van der Waals surface area contributed by atoms with E-state index >= 15 is 0 Å². The largest absolute Gasteiger partial charge is 0.452 e. The molecule has 1 saturated heterocycles. The summed E-state index contributed by atoms with van der Waals surface area (Å²) in [7, 11) is 0. The maximum atomic E-state index is 13.2. The summed E-state index contributed by atoms with van der Waals surface area (Å²) in [5.74, 6) is 0.399. The molecule has 0 radical (unpaired) electrons. The minimum absolute atomic E-state index is 0.0200. The lowest BCUT2D eigenvalue weighted by Gasteiger charge is -2.48. The molecule has 144 valence electrons. The average molecular weight is 381 g/mol. The van der Waals surface area contributed by atoms with Crippen LogP contribution in [0, 0.1) is 12.3 Å². The van der Waals surface area contributed by atoms with E-state index in [4.69, 9.17) is 11.2 Å². The zero-order valence-corrected chi connectivity index (χ0v) is 15.1. The molecule has 2 fully saturated rings.